The minimum absolute atomic E-state index is 0.781. The van der Waals surface area contributed by atoms with Crippen LogP contribution in [0.3, 0.4) is 0 Å². The Kier molecular flexibility index (Phi) is 3.54. The molecule has 0 unspecified atom stereocenters. The molecule has 0 amide bonds. The van der Waals surface area contributed by atoms with E-state index in [0.29, 0.717) is 0 Å². The lowest BCUT2D eigenvalue weighted by molar-refractivity contribution is 0.475. The zero-order valence-corrected chi connectivity index (χ0v) is 8.33. The fourth-order valence-corrected chi connectivity index (χ4v) is 1.35. The molecule has 1 aromatic rings. The predicted molar refractivity (Wildman–Crippen MR) is 53.9 cm³/mol. The molecule has 4 heteroatoms. The summed E-state index contributed by atoms with van der Waals surface area (Å²) in [7, 11) is 0. The molecule has 0 bridgehead atoms. The highest BCUT2D eigenvalue weighted by molar-refractivity contribution is 4.87. The molecule has 78 valence electrons. The third-order valence-electron chi connectivity index (χ3n) is 2.32. The predicted octanol–water partition coefficient (Wildman–Crippen LogP) is 0.906. The van der Waals surface area contributed by atoms with Gasteiger partial charge in [0, 0.05) is 6.04 Å². The third-order valence-corrected chi connectivity index (χ3v) is 2.32. The molecule has 0 aliphatic heterocycles. The van der Waals surface area contributed by atoms with E-state index < -0.39 is 0 Å². The molecule has 1 saturated carbocycles. The van der Waals surface area contributed by atoms with Crippen LogP contribution in [0.4, 0.5) is 0 Å². The quantitative estimate of drug-likeness (QED) is 0.635. The van der Waals surface area contributed by atoms with Crippen molar-refractivity contribution in [2.75, 3.05) is 13.1 Å². The topological polar surface area (TPSA) is 50.1 Å². The van der Waals surface area contributed by atoms with Crippen molar-refractivity contribution in [2.45, 2.75) is 31.8 Å². The van der Waals surface area contributed by atoms with Gasteiger partial charge in [-0.05, 0) is 32.4 Å². The van der Waals surface area contributed by atoms with Gasteiger partial charge in [-0.3, -0.25) is 0 Å². The zero-order valence-electron chi connectivity index (χ0n) is 8.33. The van der Waals surface area contributed by atoms with E-state index in [1.54, 1.807) is 6.20 Å². The van der Waals surface area contributed by atoms with Gasteiger partial charge >= 0.3 is 0 Å². The molecule has 1 aliphatic carbocycles. The lowest BCUT2D eigenvalue weighted by atomic mass is 10.4. The maximum atomic E-state index is 5.10. The number of hydrogen-bond acceptors (Lipinski definition) is 4. The highest BCUT2D eigenvalue weighted by atomic mass is 16.3. The summed E-state index contributed by atoms with van der Waals surface area (Å²) in [6.07, 6.45) is 7.11. The van der Waals surface area contributed by atoms with Crippen molar-refractivity contribution in [3.63, 3.8) is 0 Å². The van der Waals surface area contributed by atoms with Crippen LogP contribution in [-0.2, 0) is 6.54 Å². The van der Waals surface area contributed by atoms with Crippen molar-refractivity contribution in [1.29, 1.82) is 0 Å². The van der Waals surface area contributed by atoms with E-state index in [1.165, 1.54) is 25.7 Å². The van der Waals surface area contributed by atoms with Crippen molar-refractivity contribution in [3.05, 3.63) is 18.4 Å². The Morgan fingerprint density at radius 3 is 3.07 bits per heavy atom. The van der Waals surface area contributed by atoms with Crippen molar-refractivity contribution in [2.24, 2.45) is 0 Å². The van der Waals surface area contributed by atoms with E-state index in [1.807, 2.05) is 0 Å². The van der Waals surface area contributed by atoms with Gasteiger partial charge in [0.1, 0.15) is 5.76 Å². The maximum absolute atomic E-state index is 5.10. The van der Waals surface area contributed by atoms with Crippen molar-refractivity contribution in [3.8, 4) is 0 Å². The summed E-state index contributed by atoms with van der Waals surface area (Å²) in [6, 6.07) is 0.823. The van der Waals surface area contributed by atoms with Crippen molar-refractivity contribution in [1.82, 2.24) is 15.6 Å². The number of rotatable bonds is 7. The van der Waals surface area contributed by atoms with Gasteiger partial charge in [-0.25, -0.2) is 4.98 Å². The molecule has 14 heavy (non-hydrogen) atoms. The lowest BCUT2D eigenvalue weighted by Crippen LogP contribution is -2.22. The molecule has 0 aromatic carbocycles. The van der Waals surface area contributed by atoms with Crippen LogP contribution >= 0.6 is 0 Å². The second-order valence-electron chi connectivity index (χ2n) is 3.73. The van der Waals surface area contributed by atoms with E-state index in [-0.39, 0.29) is 0 Å². The number of nitrogens with zero attached hydrogens (tertiary/aromatic N) is 1. The first-order chi connectivity index (χ1) is 6.95. The molecule has 1 heterocycles. The van der Waals surface area contributed by atoms with Crippen LogP contribution < -0.4 is 10.6 Å². The molecule has 0 saturated heterocycles. The summed E-state index contributed by atoms with van der Waals surface area (Å²) < 4.78 is 5.10. The summed E-state index contributed by atoms with van der Waals surface area (Å²) in [5.74, 6) is 0.903. The van der Waals surface area contributed by atoms with Gasteiger partial charge < -0.3 is 15.1 Å². The number of aromatic nitrogens is 1. The average molecular weight is 195 g/mol. The SMILES string of the molecule is c1ncc(CNCCCNC2CC2)o1. The Bertz CT molecular complexity index is 244. The molecule has 1 fully saturated rings. The number of nitrogens with one attached hydrogen (secondary N) is 2. The van der Waals surface area contributed by atoms with E-state index in [9.17, 15) is 0 Å². The molecule has 0 spiro atoms. The van der Waals surface area contributed by atoms with Crippen molar-refractivity contribution < 1.29 is 4.42 Å². The highest BCUT2D eigenvalue weighted by Gasteiger charge is 2.19. The molecule has 2 N–H and O–H groups in total. The van der Waals surface area contributed by atoms with Crippen LogP contribution in [0.5, 0.6) is 0 Å². The molecular weight excluding hydrogens is 178 g/mol. The Morgan fingerprint density at radius 1 is 1.43 bits per heavy atom. The van der Waals surface area contributed by atoms with Crippen molar-refractivity contribution >= 4 is 0 Å². The Balaban J connectivity index is 1.43. The second-order valence-corrected chi connectivity index (χ2v) is 3.73. The average Bonchev–Trinajstić information content (AvgIpc) is 2.87. The molecule has 4 nitrogen and oxygen atoms in total. The maximum Gasteiger partial charge on any atom is 0.180 e. The van der Waals surface area contributed by atoms with Gasteiger partial charge in [0.25, 0.3) is 0 Å². The first-order valence-corrected chi connectivity index (χ1v) is 5.26. The Hall–Kier alpha value is -0.870. The molecule has 0 radical (unpaired) electrons. The summed E-state index contributed by atoms with van der Waals surface area (Å²) in [5, 5.41) is 6.78. The summed E-state index contributed by atoms with van der Waals surface area (Å²) in [5.41, 5.74) is 0. The monoisotopic (exact) mass is 195 g/mol. The molecule has 0 atom stereocenters. The Labute approximate surface area is 84.1 Å². The first-order valence-electron chi connectivity index (χ1n) is 5.26. The fraction of sp³-hybridized carbons (Fsp3) is 0.700. The zero-order chi connectivity index (χ0) is 9.64. The largest absolute Gasteiger partial charge is 0.447 e. The van der Waals surface area contributed by atoms with E-state index in [4.69, 9.17) is 4.42 Å². The molecule has 1 aromatic heterocycles. The summed E-state index contributed by atoms with van der Waals surface area (Å²) >= 11 is 0. The van der Waals surface area contributed by atoms with Gasteiger partial charge in [0.05, 0.1) is 12.7 Å². The minimum Gasteiger partial charge on any atom is -0.447 e. The van der Waals surface area contributed by atoms with Crippen LogP contribution in [0.2, 0.25) is 0 Å². The molecule has 2 rings (SSSR count). The van der Waals surface area contributed by atoms with E-state index in [2.05, 4.69) is 15.6 Å². The van der Waals surface area contributed by atoms with Crippen LogP contribution in [0.1, 0.15) is 25.0 Å². The van der Waals surface area contributed by atoms with Crippen LogP contribution in [-0.4, -0.2) is 24.1 Å². The van der Waals surface area contributed by atoms with Gasteiger partial charge in [-0.2, -0.15) is 0 Å². The summed E-state index contributed by atoms with van der Waals surface area (Å²) in [4.78, 5) is 3.85. The summed E-state index contributed by atoms with van der Waals surface area (Å²) in [6.45, 7) is 2.93. The van der Waals surface area contributed by atoms with Gasteiger partial charge in [0.2, 0.25) is 0 Å². The fourth-order valence-electron chi connectivity index (χ4n) is 1.35. The normalized spacial score (nSPS) is 16.0. The highest BCUT2D eigenvalue weighted by Crippen LogP contribution is 2.18. The first kappa shape index (κ1) is 9.68. The van der Waals surface area contributed by atoms with Crippen LogP contribution in [0.15, 0.2) is 17.0 Å². The Morgan fingerprint density at radius 2 is 2.36 bits per heavy atom. The van der Waals surface area contributed by atoms with Crippen LogP contribution in [0.25, 0.3) is 0 Å². The lowest BCUT2D eigenvalue weighted by Gasteiger charge is -2.03. The molecule has 1 aliphatic rings. The van der Waals surface area contributed by atoms with Gasteiger partial charge in [-0.1, -0.05) is 0 Å². The van der Waals surface area contributed by atoms with E-state index >= 15 is 0 Å². The standard InChI is InChI=1S/C10H17N3O/c1(5-13-9-2-3-9)4-11-6-10-7-12-8-14-10/h7-9,11,13H,1-6H2. The minimum atomic E-state index is 0.781. The molecular formula is C10H17N3O. The smallest absolute Gasteiger partial charge is 0.180 e. The second kappa shape index (κ2) is 5.12. The van der Waals surface area contributed by atoms with E-state index in [0.717, 1.165) is 31.4 Å². The third kappa shape index (κ3) is 3.47. The number of hydrogen-bond donors (Lipinski definition) is 2. The van der Waals surface area contributed by atoms with Gasteiger partial charge in [-0.15, -0.1) is 0 Å². The van der Waals surface area contributed by atoms with Crippen LogP contribution in [0, 0.1) is 0 Å². The van der Waals surface area contributed by atoms with Gasteiger partial charge in [0.15, 0.2) is 6.39 Å². The number of oxazole rings is 1.